The van der Waals surface area contributed by atoms with Gasteiger partial charge in [-0.3, -0.25) is 28.0 Å². The highest BCUT2D eigenvalue weighted by Gasteiger charge is 2.45. The number of esters is 2. The van der Waals surface area contributed by atoms with Crippen LogP contribution in [0.1, 0.15) is 207 Å². The van der Waals surface area contributed by atoms with Gasteiger partial charge in [0, 0.05) is 31.4 Å². The van der Waals surface area contributed by atoms with E-state index in [0.29, 0.717) is 38.5 Å². The smallest absolute Gasteiger partial charge is 0.462 e. The van der Waals surface area contributed by atoms with Crippen molar-refractivity contribution in [1.29, 1.82) is 0 Å². The van der Waals surface area contributed by atoms with Crippen molar-refractivity contribution in [2.45, 2.75) is 243 Å². The summed E-state index contributed by atoms with van der Waals surface area (Å²) < 4.78 is 59.1. The Morgan fingerprint density at radius 3 is 2.00 bits per heavy atom. The molecule has 2 saturated heterocycles. The summed E-state index contributed by atoms with van der Waals surface area (Å²) in [6.07, 6.45) is 14.3. The molecule has 0 spiro atoms. The molecule has 21 nitrogen and oxygen atoms in total. The molecule has 0 aromatic carbocycles. The van der Waals surface area contributed by atoms with Crippen molar-refractivity contribution >= 4 is 39.2 Å². The van der Waals surface area contributed by atoms with Crippen molar-refractivity contribution in [3.63, 3.8) is 0 Å². The number of nitrogens with two attached hydrogens (primary N) is 1. The Morgan fingerprint density at radius 1 is 0.816 bits per heavy atom. The zero-order valence-corrected chi connectivity index (χ0v) is 47.2. The molecular weight excluding hydrogens is 1030 g/mol. The number of carbonyl (C=O) groups excluding carboxylic acids is 3. The summed E-state index contributed by atoms with van der Waals surface area (Å²) in [6.45, 7) is 3.85. The second kappa shape index (κ2) is 37.1. The second-order valence-electron chi connectivity index (χ2n) is 21.1. The van der Waals surface area contributed by atoms with E-state index < -0.39 is 120 Å². The van der Waals surface area contributed by atoms with Crippen molar-refractivity contribution in [1.82, 2.24) is 9.55 Å². The average molecular weight is 1120 g/mol. The molecular formula is C53H93N3O18P2. The number of nitrogens with zero attached hydrogens (tertiary/aromatic N) is 2. The Labute approximate surface area is 450 Å². The molecule has 438 valence electrons. The summed E-state index contributed by atoms with van der Waals surface area (Å²) in [5.74, 6) is -4.21. The number of nitrogen functional groups attached to an aromatic ring is 1. The first-order valence-electron chi connectivity index (χ1n) is 28.2. The SMILES string of the molecule is CCCCC[C@H](O)/C=C\[C@H]1C(=O)C[C@H](O)[C@@H]2CCCCCCC(=O)O[C@H](COC(=O)CCCCCCCCCCCCCCCCCC(C)C)COP(=O)(O)OP(=O)(O)OC[C@@H](O[C@H]2n2ccc(N)nc2=O)[C@@H](O)[C@H]1O. The number of ether oxygens (including phenoxy) is 3. The standard InChI is InChI=1S/C53H93N3O18P2/c1-4-5-21-27-40(57)31-32-42-44(58)35-45(59)43-28-23-19-20-25-30-49(61)72-41(36-69-48(60)29-24-18-16-14-12-10-8-6-7-9-11-13-15-17-22-26-39(2)3)37-70-75(65,66)74-76(67,68)71-38-46(51(63)50(42)62)73-52(43)56-34-33-47(54)55-53(56)64/h31-34,39-43,45-46,50-52,57,59,62-63H,4-30,35-38H2,1-3H3,(H,65,66)(H,67,68)(H2,54,55,64)/b32-31-/t40-,41+,42-,43-,45-,46+,50-,51+,52+/m0/s1. The van der Waals surface area contributed by atoms with Gasteiger partial charge in [-0.05, 0) is 37.7 Å². The van der Waals surface area contributed by atoms with Crippen LogP contribution in [-0.2, 0) is 51.1 Å². The number of hydrogen-bond acceptors (Lipinski definition) is 18. The van der Waals surface area contributed by atoms with Crippen LogP contribution in [0.4, 0.5) is 5.82 Å². The van der Waals surface area contributed by atoms with Gasteiger partial charge < -0.3 is 50.2 Å². The highest BCUT2D eigenvalue weighted by atomic mass is 31.3. The van der Waals surface area contributed by atoms with Crippen molar-refractivity contribution in [2.75, 3.05) is 25.6 Å². The molecule has 0 aliphatic carbocycles. The zero-order valence-electron chi connectivity index (χ0n) is 45.5. The van der Waals surface area contributed by atoms with Gasteiger partial charge in [0.25, 0.3) is 0 Å². The van der Waals surface area contributed by atoms with Gasteiger partial charge in [-0.25, -0.2) is 13.9 Å². The number of anilines is 1. The predicted molar refractivity (Wildman–Crippen MR) is 285 cm³/mol. The number of aliphatic hydroxyl groups is 4. The van der Waals surface area contributed by atoms with Gasteiger partial charge in [0.05, 0.1) is 37.4 Å². The maximum atomic E-state index is 14.0. The Morgan fingerprint density at radius 2 is 1.39 bits per heavy atom. The molecule has 0 radical (unpaired) electrons. The van der Waals surface area contributed by atoms with Crippen LogP contribution in [-0.4, -0.2) is 114 Å². The molecule has 2 aliphatic heterocycles. The molecule has 3 rings (SSSR count). The number of carbonyl (C=O) groups is 3. The molecule has 3 heterocycles. The number of phosphoric ester groups is 2. The lowest BCUT2D eigenvalue weighted by molar-refractivity contribution is -0.188. The normalized spacial score (nSPS) is 28.6. The van der Waals surface area contributed by atoms with Crippen LogP contribution in [0.15, 0.2) is 29.2 Å². The third kappa shape index (κ3) is 27.8. The molecule has 8 N–H and O–H groups in total. The minimum absolute atomic E-state index is 0.0580. The van der Waals surface area contributed by atoms with E-state index in [0.717, 1.165) is 49.0 Å². The van der Waals surface area contributed by atoms with E-state index in [-0.39, 0.29) is 31.5 Å². The number of rotatable bonds is 27. The van der Waals surface area contributed by atoms with E-state index in [1.54, 1.807) is 0 Å². The third-order valence-corrected chi connectivity index (χ3v) is 16.5. The summed E-state index contributed by atoms with van der Waals surface area (Å²) in [4.78, 5) is 78.2. The quantitative estimate of drug-likeness (QED) is 0.0187. The molecule has 0 amide bonds. The lowest BCUT2D eigenvalue weighted by atomic mass is 9.83. The van der Waals surface area contributed by atoms with Crippen LogP contribution in [0.3, 0.4) is 0 Å². The van der Waals surface area contributed by atoms with E-state index >= 15 is 0 Å². The molecule has 2 unspecified atom stereocenters. The third-order valence-electron chi connectivity index (χ3n) is 13.9. The average Bonchev–Trinajstić information content (AvgIpc) is 3.35. The summed E-state index contributed by atoms with van der Waals surface area (Å²) in [5.41, 5.74) is 4.79. The first kappa shape index (κ1) is 67.4. The molecule has 11 atom stereocenters. The summed E-state index contributed by atoms with van der Waals surface area (Å²) in [7, 11) is -11.3. The predicted octanol–water partition coefficient (Wildman–Crippen LogP) is 8.84. The molecule has 76 heavy (non-hydrogen) atoms. The van der Waals surface area contributed by atoms with Gasteiger partial charge in [-0.1, -0.05) is 168 Å². The number of ketones is 1. The first-order chi connectivity index (χ1) is 36.2. The van der Waals surface area contributed by atoms with Crippen LogP contribution in [0.25, 0.3) is 0 Å². The number of phosphoric acid groups is 2. The number of aromatic nitrogens is 2. The topological polar surface area (TPSA) is 323 Å². The monoisotopic (exact) mass is 1120 g/mol. The van der Waals surface area contributed by atoms with Crippen LogP contribution in [0.2, 0.25) is 0 Å². The van der Waals surface area contributed by atoms with Crippen LogP contribution in [0, 0.1) is 17.8 Å². The van der Waals surface area contributed by atoms with Gasteiger partial charge in [-0.2, -0.15) is 9.29 Å². The Kier molecular flexibility index (Phi) is 32.9. The molecule has 23 heteroatoms. The number of hydrogen-bond donors (Lipinski definition) is 7. The molecule has 1 aromatic rings. The van der Waals surface area contributed by atoms with Gasteiger partial charge in [0.1, 0.15) is 36.6 Å². The van der Waals surface area contributed by atoms with Crippen LogP contribution < -0.4 is 11.4 Å². The molecule has 2 bridgehead atoms. The van der Waals surface area contributed by atoms with E-state index in [9.17, 15) is 58.5 Å². The first-order valence-corrected chi connectivity index (χ1v) is 31.2. The number of fused-ring (bicyclic) bond motifs is 3. The maximum Gasteiger partial charge on any atom is 0.481 e. The summed E-state index contributed by atoms with van der Waals surface area (Å²) in [5, 5.41) is 45.8. The summed E-state index contributed by atoms with van der Waals surface area (Å²) in [6, 6.07) is 1.25. The Bertz CT molecular complexity index is 2010. The number of cyclic esters (lactones) is 1. The number of Topliss-reactive ketones (excluding diaryl/α,β-unsaturated/α-hetero) is 1. The van der Waals surface area contributed by atoms with Crippen molar-refractivity contribution in [2.24, 2.45) is 17.8 Å². The molecule has 2 fully saturated rings. The summed E-state index contributed by atoms with van der Waals surface area (Å²) >= 11 is 0. The van der Waals surface area contributed by atoms with Crippen LogP contribution in [0.5, 0.6) is 0 Å². The van der Waals surface area contributed by atoms with E-state index in [1.165, 1.54) is 95.0 Å². The lowest BCUT2D eigenvalue weighted by Gasteiger charge is -2.39. The number of aliphatic hydroxyl groups excluding tert-OH is 4. The fourth-order valence-corrected chi connectivity index (χ4v) is 11.6. The van der Waals surface area contributed by atoms with Gasteiger partial charge in [-0.15, -0.1) is 0 Å². The Balaban J connectivity index is 1.68. The lowest BCUT2D eigenvalue weighted by Crippen LogP contribution is -2.51. The van der Waals surface area contributed by atoms with Gasteiger partial charge >= 0.3 is 33.3 Å². The highest BCUT2D eigenvalue weighted by Crippen LogP contribution is 2.60. The molecule has 1 aromatic heterocycles. The molecule has 2 aliphatic rings. The maximum absolute atomic E-state index is 14.0. The van der Waals surface area contributed by atoms with Gasteiger partial charge in [0.2, 0.25) is 0 Å². The second-order valence-corrected chi connectivity index (χ2v) is 24.1. The number of unbranched alkanes of at least 4 members (excludes halogenated alkanes) is 16. The van der Waals surface area contributed by atoms with Crippen LogP contribution >= 0.6 is 15.6 Å². The van der Waals surface area contributed by atoms with Crippen molar-refractivity contribution in [3.8, 4) is 0 Å². The highest BCUT2D eigenvalue weighted by molar-refractivity contribution is 7.61. The minimum Gasteiger partial charge on any atom is -0.462 e. The van der Waals surface area contributed by atoms with Gasteiger partial charge in [0.15, 0.2) is 6.10 Å². The van der Waals surface area contributed by atoms with E-state index in [4.69, 9.17) is 29.0 Å². The zero-order chi connectivity index (χ0) is 55.9. The van der Waals surface area contributed by atoms with Crippen molar-refractivity contribution in [3.05, 3.63) is 34.9 Å². The fraction of sp³-hybridized carbons (Fsp3) is 0.830. The minimum atomic E-state index is -5.71. The Hall–Kier alpha value is -2.91. The van der Waals surface area contributed by atoms with E-state index in [1.807, 2.05) is 6.92 Å². The van der Waals surface area contributed by atoms with Crippen molar-refractivity contribution < 1.29 is 81.3 Å². The van der Waals surface area contributed by atoms with E-state index in [2.05, 4.69) is 23.1 Å². The molecule has 0 saturated carbocycles. The fourth-order valence-electron chi connectivity index (χ4n) is 9.46. The largest absolute Gasteiger partial charge is 0.481 e.